The number of benzene rings is 2. The molecule has 0 radical (unpaired) electrons. The summed E-state index contributed by atoms with van der Waals surface area (Å²) in [6.45, 7) is 0.734. The van der Waals surface area contributed by atoms with Crippen LogP contribution in [-0.4, -0.2) is 32.3 Å². The normalized spacial score (nSPS) is 15.8. The fraction of sp³-hybridized carbons (Fsp3) is 0.278. The molecule has 3 rings (SSSR count). The molecule has 0 saturated heterocycles. The Kier molecular flexibility index (Phi) is 4.66. The number of nitrogens with one attached hydrogen (secondary N) is 1. The largest absolute Gasteiger partial charge is 0.496 e. The molecule has 0 aromatic heterocycles. The lowest BCUT2D eigenvalue weighted by Crippen LogP contribution is -2.44. The van der Waals surface area contributed by atoms with Crippen molar-refractivity contribution in [2.45, 2.75) is 12.5 Å². The van der Waals surface area contributed by atoms with Gasteiger partial charge in [0.25, 0.3) is 5.91 Å². The molecule has 0 bridgehead atoms. The highest BCUT2D eigenvalue weighted by Crippen LogP contribution is 2.30. The number of hydrogen-bond donors (Lipinski definition) is 1. The fourth-order valence-electron chi connectivity index (χ4n) is 2.49. The maximum atomic E-state index is 12.2. The number of carbonyl (C=O) groups excluding carboxylic acids is 1. The van der Waals surface area contributed by atoms with Crippen molar-refractivity contribution in [2.24, 2.45) is 0 Å². The number of ether oxygens (including phenoxy) is 3. The molecule has 1 aliphatic heterocycles. The van der Waals surface area contributed by atoms with Crippen molar-refractivity contribution in [3.8, 4) is 17.2 Å². The van der Waals surface area contributed by atoms with Crippen LogP contribution in [0.25, 0.3) is 0 Å². The molecule has 1 atom stereocenters. The van der Waals surface area contributed by atoms with Crippen LogP contribution in [0.15, 0.2) is 48.5 Å². The van der Waals surface area contributed by atoms with Gasteiger partial charge in [-0.2, -0.15) is 0 Å². The highest BCUT2D eigenvalue weighted by molar-refractivity contribution is 5.81. The number of hydrogen-bond acceptors (Lipinski definition) is 4. The Hall–Kier alpha value is -2.69. The second-order valence-corrected chi connectivity index (χ2v) is 5.22. The number of fused-ring (bicyclic) bond motifs is 1. The van der Waals surface area contributed by atoms with Gasteiger partial charge in [0.2, 0.25) is 6.10 Å². The summed E-state index contributed by atoms with van der Waals surface area (Å²) in [6, 6.07) is 15.1. The topological polar surface area (TPSA) is 56.8 Å². The number of para-hydroxylation sites is 3. The van der Waals surface area contributed by atoms with Gasteiger partial charge >= 0.3 is 0 Å². The molecule has 1 N–H and O–H groups in total. The maximum Gasteiger partial charge on any atom is 0.264 e. The smallest absolute Gasteiger partial charge is 0.264 e. The highest BCUT2D eigenvalue weighted by atomic mass is 16.6. The molecule has 0 fully saturated rings. The Balaban J connectivity index is 1.52. The lowest BCUT2D eigenvalue weighted by atomic mass is 10.1. The minimum atomic E-state index is -0.623. The Labute approximate surface area is 135 Å². The van der Waals surface area contributed by atoms with Gasteiger partial charge in [0.15, 0.2) is 11.5 Å². The van der Waals surface area contributed by atoms with E-state index < -0.39 is 6.10 Å². The van der Waals surface area contributed by atoms with E-state index in [9.17, 15) is 4.79 Å². The number of carbonyl (C=O) groups is 1. The van der Waals surface area contributed by atoms with E-state index in [0.717, 1.165) is 11.3 Å². The zero-order valence-electron chi connectivity index (χ0n) is 13.0. The van der Waals surface area contributed by atoms with Gasteiger partial charge in [-0.05, 0) is 30.2 Å². The monoisotopic (exact) mass is 313 g/mol. The molecule has 1 aliphatic rings. The molecular formula is C18H19NO4. The number of amides is 1. The first-order valence-electron chi connectivity index (χ1n) is 7.56. The lowest BCUT2D eigenvalue weighted by Gasteiger charge is -2.25. The van der Waals surface area contributed by atoms with Crippen molar-refractivity contribution in [1.82, 2.24) is 5.32 Å². The van der Waals surface area contributed by atoms with Crippen LogP contribution in [0.4, 0.5) is 0 Å². The van der Waals surface area contributed by atoms with Crippen LogP contribution >= 0.6 is 0 Å². The fourth-order valence-corrected chi connectivity index (χ4v) is 2.49. The zero-order valence-corrected chi connectivity index (χ0v) is 13.0. The maximum absolute atomic E-state index is 12.2. The third-order valence-electron chi connectivity index (χ3n) is 3.69. The van der Waals surface area contributed by atoms with E-state index in [1.807, 2.05) is 42.5 Å². The standard InChI is InChI=1S/C18H19NO4/c1-21-14-7-3-2-6-13(14)10-11-19-18(20)17-12-22-15-8-4-5-9-16(15)23-17/h2-9,17H,10-12H2,1H3,(H,19,20). The Morgan fingerprint density at radius 1 is 1.17 bits per heavy atom. The van der Waals surface area contributed by atoms with Crippen LogP contribution in [0.3, 0.4) is 0 Å². The molecule has 23 heavy (non-hydrogen) atoms. The van der Waals surface area contributed by atoms with Crippen molar-refractivity contribution in [2.75, 3.05) is 20.3 Å². The molecule has 1 unspecified atom stereocenters. The molecule has 120 valence electrons. The summed E-state index contributed by atoms with van der Waals surface area (Å²) in [5.41, 5.74) is 1.06. The predicted octanol–water partition coefficient (Wildman–Crippen LogP) is 2.19. The van der Waals surface area contributed by atoms with E-state index in [4.69, 9.17) is 14.2 Å². The number of methoxy groups -OCH3 is 1. The van der Waals surface area contributed by atoms with E-state index in [0.29, 0.717) is 24.5 Å². The van der Waals surface area contributed by atoms with Crippen LogP contribution in [0, 0.1) is 0 Å². The summed E-state index contributed by atoms with van der Waals surface area (Å²) in [5.74, 6) is 1.93. The lowest BCUT2D eigenvalue weighted by molar-refractivity contribution is -0.130. The van der Waals surface area contributed by atoms with Crippen LogP contribution < -0.4 is 19.5 Å². The van der Waals surface area contributed by atoms with Crippen molar-refractivity contribution in [1.29, 1.82) is 0 Å². The second-order valence-electron chi connectivity index (χ2n) is 5.22. The summed E-state index contributed by atoms with van der Waals surface area (Å²) in [7, 11) is 1.64. The molecule has 1 amide bonds. The predicted molar refractivity (Wildman–Crippen MR) is 86.1 cm³/mol. The molecular weight excluding hydrogens is 294 g/mol. The van der Waals surface area contributed by atoms with E-state index in [2.05, 4.69) is 5.32 Å². The van der Waals surface area contributed by atoms with Gasteiger partial charge in [0.05, 0.1) is 7.11 Å². The SMILES string of the molecule is COc1ccccc1CCNC(=O)C1COc2ccccc2O1. The highest BCUT2D eigenvalue weighted by Gasteiger charge is 2.26. The van der Waals surface area contributed by atoms with Crippen molar-refractivity contribution < 1.29 is 19.0 Å². The van der Waals surface area contributed by atoms with Gasteiger partial charge in [-0.1, -0.05) is 30.3 Å². The number of rotatable bonds is 5. The molecule has 0 spiro atoms. The Bertz CT molecular complexity index is 686. The molecule has 0 aliphatic carbocycles. The summed E-state index contributed by atoms with van der Waals surface area (Å²) < 4.78 is 16.5. The summed E-state index contributed by atoms with van der Waals surface area (Å²) in [5, 5.41) is 2.88. The third-order valence-corrected chi connectivity index (χ3v) is 3.69. The van der Waals surface area contributed by atoms with E-state index in [-0.39, 0.29) is 12.5 Å². The minimum absolute atomic E-state index is 0.172. The minimum Gasteiger partial charge on any atom is -0.496 e. The molecule has 2 aromatic rings. The first-order chi connectivity index (χ1) is 11.3. The Morgan fingerprint density at radius 2 is 1.91 bits per heavy atom. The van der Waals surface area contributed by atoms with Crippen LogP contribution in [0.1, 0.15) is 5.56 Å². The molecule has 1 heterocycles. The average molecular weight is 313 g/mol. The van der Waals surface area contributed by atoms with Gasteiger partial charge in [0.1, 0.15) is 12.4 Å². The summed E-state index contributed by atoms with van der Waals surface area (Å²) in [6.07, 6.45) is 0.0717. The van der Waals surface area contributed by atoms with Gasteiger partial charge in [-0.25, -0.2) is 0 Å². The van der Waals surface area contributed by atoms with E-state index in [1.54, 1.807) is 13.2 Å². The zero-order chi connectivity index (χ0) is 16.1. The quantitative estimate of drug-likeness (QED) is 0.919. The van der Waals surface area contributed by atoms with Crippen LogP contribution in [0.5, 0.6) is 17.2 Å². The average Bonchev–Trinajstić information content (AvgIpc) is 2.61. The second kappa shape index (κ2) is 7.05. The Morgan fingerprint density at radius 3 is 2.74 bits per heavy atom. The van der Waals surface area contributed by atoms with Gasteiger partial charge in [0, 0.05) is 6.54 Å². The van der Waals surface area contributed by atoms with Crippen LogP contribution in [-0.2, 0) is 11.2 Å². The van der Waals surface area contributed by atoms with E-state index >= 15 is 0 Å². The first-order valence-corrected chi connectivity index (χ1v) is 7.56. The van der Waals surface area contributed by atoms with Gasteiger partial charge in [-0.15, -0.1) is 0 Å². The van der Waals surface area contributed by atoms with Crippen molar-refractivity contribution >= 4 is 5.91 Å². The molecule has 2 aromatic carbocycles. The van der Waals surface area contributed by atoms with Crippen molar-refractivity contribution in [3.63, 3.8) is 0 Å². The first kappa shape index (κ1) is 15.2. The third kappa shape index (κ3) is 3.56. The van der Waals surface area contributed by atoms with E-state index in [1.165, 1.54) is 0 Å². The van der Waals surface area contributed by atoms with Gasteiger partial charge < -0.3 is 19.5 Å². The van der Waals surface area contributed by atoms with Crippen LogP contribution in [0.2, 0.25) is 0 Å². The summed E-state index contributed by atoms with van der Waals surface area (Å²) in [4.78, 5) is 12.2. The molecule has 0 saturated carbocycles. The summed E-state index contributed by atoms with van der Waals surface area (Å²) >= 11 is 0. The molecule has 5 heteroatoms. The van der Waals surface area contributed by atoms with Crippen molar-refractivity contribution in [3.05, 3.63) is 54.1 Å². The van der Waals surface area contributed by atoms with Gasteiger partial charge in [-0.3, -0.25) is 4.79 Å². The molecule has 5 nitrogen and oxygen atoms in total.